The quantitative estimate of drug-likeness (QED) is 0.875. The van der Waals surface area contributed by atoms with Crippen LogP contribution in [-0.4, -0.2) is 16.7 Å². The fourth-order valence-corrected chi connectivity index (χ4v) is 2.91. The van der Waals surface area contributed by atoms with Crippen LogP contribution < -0.4 is 5.32 Å². The molecule has 18 heavy (non-hydrogen) atoms. The average molecular weight is 241 g/mol. The molecule has 2 aromatic rings. The third kappa shape index (κ3) is 1.49. The van der Waals surface area contributed by atoms with Crippen LogP contribution in [0.3, 0.4) is 0 Å². The maximum atomic E-state index is 5.40. The van der Waals surface area contributed by atoms with Gasteiger partial charge in [-0.25, -0.2) is 0 Å². The number of rotatable bonds is 2. The van der Waals surface area contributed by atoms with Crippen LogP contribution in [0.25, 0.3) is 0 Å². The summed E-state index contributed by atoms with van der Waals surface area (Å²) in [5.74, 6) is 1.93. The minimum atomic E-state index is 0.265. The molecule has 1 aromatic heterocycles. The molecule has 4 rings (SSSR count). The Hall–Kier alpha value is -1.68. The molecule has 0 radical (unpaired) electrons. The van der Waals surface area contributed by atoms with E-state index in [0.717, 1.165) is 31.1 Å². The second-order valence-electron chi connectivity index (χ2n) is 5.10. The molecule has 0 bridgehead atoms. The SMILES string of the molecule is c1ccc2c(c1)CC2c1noc(C2CCCN2)n1. The number of fused-ring (bicyclic) bond motifs is 1. The van der Waals surface area contributed by atoms with E-state index >= 15 is 0 Å². The van der Waals surface area contributed by atoms with E-state index in [4.69, 9.17) is 4.52 Å². The lowest BCUT2D eigenvalue weighted by atomic mass is 9.77. The highest BCUT2D eigenvalue weighted by molar-refractivity contribution is 5.43. The third-order valence-corrected chi connectivity index (χ3v) is 3.98. The second kappa shape index (κ2) is 3.92. The molecule has 2 unspecified atom stereocenters. The van der Waals surface area contributed by atoms with Crippen LogP contribution in [0, 0.1) is 0 Å². The number of aromatic nitrogens is 2. The topological polar surface area (TPSA) is 51.0 Å². The molecule has 0 saturated carbocycles. The highest BCUT2D eigenvalue weighted by Crippen LogP contribution is 2.38. The maximum Gasteiger partial charge on any atom is 0.243 e. The Morgan fingerprint density at radius 3 is 3.06 bits per heavy atom. The van der Waals surface area contributed by atoms with Crippen molar-refractivity contribution < 1.29 is 4.52 Å². The van der Waals surface area contributed by atoms with E-state index in [9.17, 15) is 0 Å². The fourth-order valence-electron chi connectivity index (χ4n) is 2.91. The van der Waals surface area contributed by atoms with Gasteiger partial charge < -0.3 is 9.84 Å². The van der Waals surface area contributed by atoms with Gasteiger partial charge in [0.2, 0.25) is 5.89 Å². The normalized spacial score (nSPS) is 25.8. The van der Waals surface area contributed by atoms with E-state index in [2.05, 4.69) is 39.7 Å². The van der Waals surface area contributed by atoms with Crippen molar-refractivity contribution in [3.63, 3.8) is 0 Å². The molecule has 2 atom stereocenters. The highest BCUT2D eigenvalue weighted by atomic mass is 16.5. The van der Waals surface area contributed by atoms with Crippen LogP contribution in [0.4, 0.5) is 0 Å². The van der Waals surface area contributed by atoms with Crippen molar-refractivity contribution in [2.75, 3.05) is 6.54 Å². The van der Waals surface area contributed by atoms with Crippen molar-refractivity contribution in [3.8, 4) is 0 Å². The minimum absolute atomic E-state index is 0.265. The summed E-state index contributed by atoms with van der Waals surface area (Å²) in [7, 11) is 0. The zero-order chi connectivity index (χ0) is 11.9. The van der Waals surface area contributed by atoms with Crippen molar-refractivity contribution in [2.45, 2.75) is 31.2 Å². The first-order chi connectivity index (χ1) is 8.92. The standard InChI is InChI=1S/C14H15N3O/c1-2-5-10-9(4-1)8-11(10)13-16-14(18-17-13)12-6-3-7-15-12/h1-2,4-5,11-12,15H,3,6-8H2. The van der Waals surface area contributed by atoms with Crippen LogP contribution in [0.1, 0.15) is 47.6 Å². The molecule has 1 N–H and O–H groups in total. The van der Waals surface area contributed by atoms with Crippen LogP contribution in [0.5, 0.6) is 0 Å². The Morgan fingerprint density at radius 2 is 2.22 bits per heavy atom. The van der Waals surface area contributed by atoms with Crippen molar-refractivity contribution in [1.82, 2.24) is 15.5 Å². The smallest absolute Gasteiger partial charge is 0.243 e. The zero-order valence-corrected chi connectivity index (χ0v) is 10.1. The molecular formula is C14H15N3O. The summed E-state index contributed by atoms with van der Waals surface area (Å²) >= 11 is 0. The van der Waals surface area contributed by atoms with Gasteiger partial charge in [-0.05, 0) is 36.9 Å². The lowest BCUT2D eigenvalue weighted by Crippen LogP contribution is -2.19. The summed E-state index contributed by atoms with van der Waals surface area (Å²) < 4.78 is 5.40. The molecule has 1 fully saturated rings. The summed E-state index contributed by atoms with van der Waals surface area (Å²) in [6.45, 7) is 1.05. The van der Waals surface area contributed by atoms with Gasteiger partial charge in [0.25, 0.3) is 0 Å². The van der Waals surface area contributed by atoms with Crippen LogP contribution >= 0.6 is 0 Å². The summed E-state index contributed by atoms with van der Waals surface area (Å²) in [6, 6.07) is 8.75. The molecule has 4 heteroatoms. The number of benzene rings is 1. The molecule has 1 aliphatic carbocycles. The summed E-state index contributed by atoms with van der Waals surface area (Å²) in [4.78, 5) is 4.57. The average Bonchev–Trinajstić information content (AvgIpc) is 3.00. The van der Waals surface area contributed by atoms with Crippen LogP contribution in [0.15, 0.2) is 28.8 Å². The third-order valence-electron chi connectivity index (χ3n) is 3.98. The number of nitrogens with zero attached hydrogens (tertiary/aromatic N) is 2. The lowest BCUT2D eigenvalue weighted by Gasteiger charge is -2.27. The molecule has 2 heterocycles. The predicted octanol–water partition coefficient (Wildman–Crippen LogP) is 2.18. The Bertz CT molecular complexity index is 572. The first kappa shape index (κ1) is 10.3. The van der Waals surface area contributed by atoms with E-state index in [1.54, 1.807) is 0 Å². The van der Waals surface area contributed by atoms with Gasteiger partial charge in [-0.1, -0.05) is 29.4 Å². The molecule has 1 aliphatic heterocycles. The van der Waals surface area contributed by atoms with E-state index in [-0.39, 0.29) is 6.04 Å². The molecule has 1 saturated heterocycles. The van der Waals surface area contributed by atoms with Gasteiger partial charge in [-0.2, -0.15) is 4.98 Å². The van der Waals surface area contributed by atoms with Crippen molar-refractivity contribution in [1.29, 1.82) is 0 Å². The Kier molecular flexibility index (Phi) is 2.23. The maximum absolute atomic E-state index is 5.40. The molecule has 2 aliphatic rings. The summed E-state index contributed by atoms with van der Waals surface area (Å²) in [5, 5.41) is 7.54. The zero-order valence-electron chi connectivity index (χ0n) is 10.1. The number of hydrogen-bond acceptors (Lipinski definition) is 4. The van der Waals surface area contributed by atoms with Crippen molar-refractivity contribution >= 4 is 0 Å². The van der Waals surface area contributed by atoms with E-state index in [1.165, 1.54) is 17.5 Å². The van der Waals surface area contributed by atoms with Crippen LogP contribution in [-0.2, 0) is 6.42 Å². The molecule has 0 amide bonds. The largest absolute Gasteiger partial charge is 0.338 e. The predicted molar refractivity (Wildman–Crippen MR) is 66.3 cm³/mol. The second-order valence-corrected chi connectivity index (χ2v) is 5.10. The van der Waals surface area contributed by atoms with Gasteiger partial charge in [0.05, 0.1) is 12.0 Å². The van der Waals surface area contributed by atoms with Gasteiger partial charge in [-0.15, -0.1) is 0 Å². The molecule has 1 aromatic carbocycles. The monoisotopic (exact) mass is 241 g/mol. The van der Waals surface area contributed by atoms with Crippen molar-refractivity contribution in [2.24, 2.45) is 0 Å². The first-order valence-corrected chi connectivity index (χ1v) is 6.56. The van der Waals surface area contributed by atoms with E-state index < -0.39 is 0 Å². The molecular weight excluding hydrogens is 226 g/mol. The minimum Gasteiger partial charge on any atom is -0.338 e. The number of nitrogens with one attached hydrogen (secondary N) is 1. The number of hydrogen-bond donors (Lipinski definition) is 1. The molecule has 0 spiro atoms. The van der Waals surface area contributed by atoms with Gasteiger partial charge >= 0.3 is 0 Å². The van der Waals surface area contributed by atoms with E-state index in [0.29, 0.717) is 5.92 Å². The Balaban J connectivity index is 1.60. The lowest BCUT2D eigenvalue weighted by molar-refractivity contribution is 0.339. The van der Waals surface area contributed by atoms with Gasteiger partial charge in [-0.3, -0.25) is 0 Å². The van der Waals surface area contributed by atoms with Gasteiger partial charge in [0.1, 0.15) is 0 Å². The van der Waals surface area contributed by atoms with E-state index in [1.807, 2.05) is 0 Å². The summed E-state index contributed by atoms with van der Waals surface area (Å²) in [6.07, 6.45) is 3.32. The Labute approximate surface area is 105 Å². The Morgan fingerprint density at radius 1 is 1.28 bits per heavy atom. The highest BCUT2D eigenvalue weighted by Gasteiger charge is 2.32. The van der Waals surface area contributed by atoms with Gasteiger partial charge in [0.15, 0.2) is 5.82 Å². The van der Waals surface area contributed by atoms with Gasteiger partial charge in [0, 0.05) is 0 Å². The molecule has 92 valence electrons. The van der Waals surface area contributed by atoms with Crippen molar-refractivity contribution in [3.05, 3.63) is 47.1 Å². The summed E-state index contributed by atoms with van der Waals surface area (Å²) in [5.41, 5.74) is 2.76. The first-order valence-electron chi connectivity index (χ1n) is 6.56. The fraction of sp³-hybridized carbons (Fsp3) is 0.429. The molecule has 4 nitrogen and oxygen atoms in total. The van der Waals surface area contributed by atoms with Crippen LogP contribution in [0.2, 0.25) is 0 Å².